The maximum atomic E-state index is 12.8. The van der Waals surface area contributed by atoms with Gasteiger partial charge in [0.05, 0.1) is 5.02 Å². The maximum Gasteiger partial charge on any atom is 0.244 e. The largest absolute Gasteiger partial charge is 0.326 e. The van der Waals surface area contributed by atoms with Gasteiger partial charge in [0.25, 0.3) is 0 Å². The molecule has 7 heteroatoms. The molecule has 1 aromatic rings. The van der Waals surface area contributed by atoms with Crippen LogP contribution in [0.4, 0.5) is 5.69 Å². The fraction of sp³-hybridized carbons (Fsp3) is 0.650. The molecule has 150 valence electrons. The van der Waals surface area contributed by atoms with Gasteiger partial charge in [-0.3, -0.25) is 4.79 Å². The highest BCUT2D eigenvalue weighted by atomic mass is 35.5. The summed E-state index contributed by atoms with van der Waals surface area (Å²) < 4.78 is 27.0. The van der Waals surface area contributed by atoms with E-state index in [1.807, 2.05) is 0 Å². The molecule has 0 aromatic heterocycles. The first kappa shape index (κ1) is 20.6. The molecule has 2 aliphatic rings. The number of nitrogens with one attached hydrogen (secondary N) is 1. The Morgan fingerprint density at radius 3 is 2.52 bits per heavy atom. The summed E-state index contributed by atoms with van der Waals surface area (Å²) in [5, 5.41) is 3.02. The molecule has 0 unspecified atom stereocenters. The molecule has 0 bridgehead atoms. The Labute approximate surface area is 167 Å². The van der Waals surface area contributed by atoms with Gasteiger partial charge in [0, 0.05) is 25.2 Å². The third-order valence-electron chi connectivity index (χ3n) is 5.64. The van der Waals surface area contributed by atoms with Crippen molar-refractivity contribution in [1.82, 2.24) is 4.31 Å². The van der Waals surface area contributed by atoms with Gasteiger partial charge in [-0.25, -0.2) is 8.42 Å². The van der Waals surface area contributed by atoms with Crippen LogP contribution in [0, 0.1) is 5.92 Å². The van der Waals surface area contributed by atoms with E-state index >= 15 is 0 Å². The Bertz CT molecular complexity index is 754. The number of carbonyl (C=O) groups excluding carboxylic acids is 1. The van der Waals surface area contributed by atoms with E-state index in [0.29, 0.717) is 25.2 Å². The van der Waals surface area contributed by atoms with E-state index in [1.54, 1.807) is 12.1 Å². The highest BCUT2D eigenvalue weighted by Gasteiger charge is 2.29. The SMILES string of the molecule is O=C(CCCC1CCCCC1)Nc1ccc(Cl)c(S(=O)(=O)N2CCCC2)c1. The number of amides is 1. The second-order valence-electron chi connectivity index (χ2n) is 7.70. The van der Waals surface area contributed by atoms with Gasteiger partial charge < -0.3 is 5.32 Å². The van der Waals surface area contributed by atoms with E-state index in [0.717, 1.165) is 31.6 Å². The minimum atomic E-state index is -3.61. The summed E-state index contributed by atoms with van der Waals surface area (Å²) >= 11 is 6.15. The number of rotatable bonds is 7. The lowest BCUT2D eigenvalue weighted by molar-refractivity contribution is -0.116. The summed E-state index contributed by atoms with van der Waals surface area (Å²) in [6.07, 6.45) is 10.7. The number of anilines is 1. The molecule has 0 atom stereocenters. The second kappa shape index (κ2) is 9.39. The number of carbonyl (C=O) groups is 1. The van der Waals surface area contributed by atoms with Crippen LogP contribution in [0.25, 0.3) is 0 Å². The molecular formula is C20H29ClN2O3S. The Kier molecular flexibility index (Phi) is 7.17. The molecule has 1 heterocycles. The summed E-state index contributed by atoms with van der Waals surface area (Å²) in [5.41, 5.74) is 0.486. The van der Waals surface area contributed by atoms with Crippen molar-refractivity contribution in [3.8, 4) is 0 Å². The van der Waals surface area contributed by atoms with Gasteiger partial charge in [-0.2, -0.15) is 4.31 Å². The lowest BCUT2D eigenvalue weighted by Gasteiger charge is -2.21. The minimum absolute atomic E-state index is 0.0716. The quantitative estimate of drug-likeness (QED) is 0.698. The number of hydrogen-bond acceptors (Lipinski definition) is 3. The molecule has 1 saturated carbocycles. The van der Waals surface area contributed by atoms with Crippen LogP contribution in [0.2, 0.25) is 5.02 Å². The molecule has 1 amide bonds. The molecule has 1 saturated heterocycles. The van der Waals surface area contributed by atoms with Crippen LogP contribution in [0.5, 0.6) is 0 Å². The zero-order valence-electron chi connectivity index (χ0n) is 15.8. The number of halogens is 1. The number of sulfonamides is 1. The average molecular weight is 413 g/mol. The van der Waals surface area contributed by atoms with Crippen molar-refractivity contribution in [2.75, 3.05) is 18.4 Å². The predicted octanol–water partition coefficient (Wildman–Crippen LogP) is 4.81. The maximum absolute atomic E-state index is 12.8. The highest BCUT2D eigenvalue weighted by molar-refractivity contribution is 7.89. The lowest BCUT2D eigenvalue weighted by Crippen LogP contribution is -2.28. The molecule has 1 N–H and O–H groups in total. The Hall–Kier alpha value is -1.11. The molecule has 0 radical (unpaired) electrons. The van der Waals surface area contributed by atoms with Crippen LogP contribution in [0.1, 0.15) is 64.2 Å². The molecule has 1 aliphatic heterocycles. The highest BCUT2D eigenvalue weighted by Crippen LogP contribution is 2.30. The molecule has 2 fully saturated rings. The molecule has 0 spiro atoms. The molecular weight excluding hydrogens is 384 g/mol. The van der Waals surface area contributed by atoms with E-state index < -0.39 is 10.0 Å². The van der Waals surface area contributed by atoms with Crippen LogP contribution >= 0.6 is 11.6 Å². The smallest absolute Gasteiger partial charge is 0.244 e. The Morgan fingerprint density at radius 2 is 1.81 bits per heavy atom. The first-order valence-corrected chi connectivity index (χ1v) is 11.9. The Balaban J connectivity index is 1.57. The molecule has 3 rings (SSSR count). The van der Waals surface area contributed by atoms with Gasteiger partial charge in [0.1, 0.15) is 4.90 Å². The van der Waals surface area contributed by atoms with E-state index in [1.165, 1.54) is 42.5 Å². The van der Waals surface area contributed by atoms with Crippen LogP contribution in [0.3, 0.4) is 0 Å². The van der Waals surface area contributed by atoms with Crippen molar-refractivity contribution in [2.24, 2.45) is 5.92 Å². The van der Waals surface area contributed by atoms with Crippen LogP contribution < -0.4 is 5.32 Å². The van der Waals surface area contributed by atoms with E-state index in [4.69, 9.17) is 11.6 Å². The van der Waals surface area contributed by atoms with Gasteiger partial charge in [-0.15, -0.1) is 0 Å². The van der Waals surface area contributed by atoms with Crippen molar-refractivity contribution in [3.05, 3.63) is 23.2 Å². The third-order valence-corrected chi connectivity index (χ3v) is 8.02. The normalized spacial score (nSPS) is 19.3. The van der Waals surface area contributed by atoms with Crippen molar-refractivity contribution < 1.29 is 13.2 Å². The standard InChI is InChI=1S/C20H29ClN2O3S/c21-18-12-11-17(15-19(18)27(25,26)23-13-4-5-14-23)22-20(24)10-6-9-16-7-2-1-3-8-16/h11-12,15-16H,1-10,13-14H2,(H,22,24). The van der Waals surface area contributed by atoms with Crippen molar-refractivity contribution in [2.45, 2.75) is 69.1 Å². The van der Waals surface area contributed by atoms with E-state index in [2.05, 4.69) is 5.32 Å². The number of benzene rings is 1. The van der Waals surface area contributed by atoms with Crippen molar-refractivity contribution in [1.29, 1.82) is 0 Å². The van der Waals surface area contributed by atoms with Crippen LogP contribution in [-0.4, -0.2) is 31.7 Å². The number of hydrogen-bond donors (Lipinski definition) is 1. The molecule has 5 nitrogen and oxygen atoms in total. The first-order valence-electron chi connectivity index (χ1n) is 10.1. The summed E-state index contributed by atoms with van der Waals surface area (Å²) in [4.78, 5) is 12.3. The van der Waals surface area contributed by atoms with Crippen LogP contribution in [0.15, 0.2) is 23.1 Å². The fourth-order valence-corrected chi connectivity index (χ4v) is 6.11. The average Bonchev–Trinajstić information content (AvgIpc) is 3.20. The zero-order valence-corrected chi connectivity index (χ0v) is 17.3. The van der Waals surface area contributed by atoms with E-state index in [9.17, 15) is 13.2 Å². The predicted molar refractivity (Wildman–Crippen MR) is 109 cm³/mol. The van der Waals surface area contributed by atoms with Crippen molar-refractivity contribution >= 4 is 33.2 Å². The van der Waals surface area contributed by atoms with Crippen molar-refractivity contribution in [3.63, 3.8) is 0 Å². The van der Waals surface area contributed by atoms with Gasteiger partial charge in [0.15, 0.2) is 0 Å². The topological polar surface area (TPSA) is 66.5 Å². The van der Waals surface area contributed by atoms with Gasteiger partial charge >= 0.3 is 0 Å². The third kappa shape index (κ3) is 5.46. The number of nitrogens with zero attached hydrogens (tertiary/aromatic N) is 1. The summed E-state index contributed by atoms with van der Waals surface area (Å²) in [6.45, 7) is 1.05. The van der Waals surface area contributed by atoms with Crippen LogP contribution in [-0.2, 0) is 14.8 Å². The first-order chi connectivity index (χ1) is 13.0. The summed E-state index contributed by atoms with van der Waals surface area (Å²) in [5.74, 6) is 0.692. The van der Waals surface area contributed by atoms with Gasteiger partial charge in [0.2, 0.25) is 15.9 Å². The summed E-state index contributed by atoms with van der Waals surface area (Å²) in [6, 6.07) is 4.68. The second-order valence-corrected chi connectivity index (χ2v) is 10.0. The van der Waals surface area contributed by atoms with Gasteiger partial charge in [-0.1, -0.05) is 43.7 Å². The molecule has 1 aromatic carbocycles. The minimum Gasteiger partial charge on any atom is -0.326 e. The lowest BCUT2D eigenvalue weighted by atomic mass is 9.86. The monoisotopic (exact) mass is 412 g/mol. The molecule has 27 heavy (non-hydrogen) atoms. The van der Waals surface area contributed by atoms with Gasteiger partial charge in [-0.05, 0) is 49.8 Å². The summed E-state index contributed by atoms with van der Waals surface area (Å²) in [7, 11) is -3.61. The molecule has 1 aliphatic carbocycles. The fourth-order valence-electron chi connectivity index (χ4n) is 4.10. The van der Waals surface area contributed by atoms with E-state index in [-0.39, 0.29) is 15.8 Å². The zero-order chi connectivity index (χ0) is 19.3. The Morgan fingerprint density at radius 1 is 1.11 bits per heavy atom.